The van der Waals surface area contributed by atoms with E-state index in [1.807, 2.05) is 6.07 Å². The second kappa shape index (κ2) is 10.3. The minimum absolute atomic E-state index is 0. The van der Waals surface area contributed by atoms with Crippen LogP contribution < -0.4 is 20.7 Å². The first-order chi connectivity index (χ1) is 14.9. The average molecular weight is 497 g/mol. The molecule has 0 amide bonds. The van der Waals surface area contributed by atoms with Crippen molar-refractivity contribution >= 4 is 57.3 Å². The second-order valence-electron chi connectivity index (χ2n) is 7.00. The Kier molecular flexibility index (Phi) is 7.67. The molecule has 0 bridgehead atoms. The molecule has 0 aliphatic carbocycles. The first-order valence-electron chi connectivity index (χ1n) is 9.51. The number of aromatic nitrogens is 4. The zero-order chi connectivity index (χ0) is 21.8. The van der Waals surface area contributed by atoms with Gasteiger partial charge in [-0.25, -0.2) is 18.4 Å². The van der Waals surface area contributed by atoms with Gasteiger partial charge in [-0.1, -0.05) is 17.7 Å². The van der Waals surface area contributed by atoms with E-state index in [-0.39, 0.29) is 24.8 Å². The van der Waals surface area contributed by atoms with Crippen LogP contribution in [0.25, 0.3) is 0 Å². The summed E-state index contributed by atoms with van der Waals surface area (Å²) in [4.78, 5) is 16.9. The van der Waals surface area contributed by atoms with Gasteiger partial charge in [0.15, 0.2) is 11.6 Å². The van der Waals surface area contributed by atoms with E-state index in [2.05, 4.69) is 52.7 Å². The Labute approximate surface area is 197 Å². The van der Waals surface area contributed by atoms with Crippen molar-refractivity contribution in [2.45, 2.75) is 19.5 Å². The lowest BCUT2D eigenvalue weighted by Crippen LogP contribution is -2.23. The van der Waals surface area contributed by atoms with E-state index in [0.29, 0.717) is 22.5 Å². The van der Waals surface area contributed by atoms with Crippen molar-refractivity contribution in [1.29, 1.82) is 0 Å². The summed E-state index contributed by atoms with van der Waals surface area (Å²) in [5.41, 5.74) is 3.88. The highest BCUT2D eigenvalue weighted by Crippen LogP contribution is 2.24. The topological polar surface area (TPSA) is 134 Å². The lowest BCUT2D eigenvalue weighted by molar-refractivity contribution is 0.606. The van der Waals surface area contributed by atoms with Gasteiger partial charge in [0, 0.05) is 24.6 Å². The first-order valence-corrected chi connectivity index (χ1v) is 11.8. The molecule has 10 nitrogen and oxygen atoms in total. The van der Waals surface area contributed by atoms with Gasteiger partial charge in [-0.15, -0.1) is 12.4 Å². The van der Waals surface area contributed by atoms with E-state index in [4.69, 9.17) is 11.6 Å². The largest absolute Gasteiger partial charge is 0.363 e. The summed E-state index contributed by atoms with van der Waals surface area (Å²) in [6.45, 7) is 1.99. The van der Waals surface area contributed by atoms with Gasteiger partial charge in [0.1, 0.15) is 10.7 Å². The van der Waals surface area contributed by atoms with Gasteiger partial charge < -0.3 is 16.0 Å². The predicted molar refractivity (Wildman–Crippen MR) is 127 cm³/mol. The lowest BCUT2D eigenvalue weighted by atomic mass is 10.0. The van der Waals surface area contributed by atoms with Crippen molar-refractivity contribution in [1.82, 2.24) is 25.3 Å². The van der Waals surface area contributed by atoms with Crippen molar-refractivity contribution in [3.8, 4) is 0 Å². The smallest absolute Gasteiger partial charge is 0.231 e. The number of hydrogen-bond donors (Lipinski definition) is 4. The van der Waals surface area contributed by atoms with Gasteiger partial charge >= 0.3 is 0 Å². The van der Waals surface area contributed by atoms with Gasteiger partial charge in [0.05, 0.1) is 19.0 Å². The monoisotopic (exact) mass is 496 g/mol. The maximum atomic E-state index is 11.5. The molecule has 170 valence electrons. The second-order valence-corrected chi connectivity index (χ2v) is 9.16. The van der Waals surface area contributed by atoms with Crippen LogP contribution in [0.15, 0.2) is 36.8 Å². The highest BCUT2D eigenvalue weighted by molar-refractivity contribution is 7.92. The van der Waals surface area contributed by atoms with Gasteiger partial charge in [-0.3, -0.25) is 9.71 Å². The van der Waals surface area contributed by atoms with Crippen LogP contribution in [-0.2, 0) is 29.5 Å². The molecule has 0 fully saturated rings. The molecular weight excluding hydrogens is 475 g/mol. The molecule has 0 saturated heterocycles. The Hall–Kier alpha value is -2.73. The number of hydrogen-bond acceptors (Lipinski definition) is 9. The highest BCUT2D eigenvalue weighted by atomic mass is 35.5. The van der Waals surface area contributed by atoms with Crippen molar-refractivity contribution in [2.24, 2.45) is 0 Å². The summed E-state index contributed by atoms with van der Waals surface area (Å²) >= 11 is 6.24. The third kappa shape index (κ3) is 6.16. The molecule has 13 heteroatoms. The fourth-order valence-corrected chi connectivity index (χ4v) is 3.84. The van der Waals surface area contributed by atoms with Crippen molar-refractivity contribution in [3.05, 3.63) is 58.6 Å². The van der Waals surface area contributed by atoms with E-state index in [1.54, 1.807) is 0 Å². The van der Waals surface area contributed by atoms with Gasteiger partial charge in [-0.2, -0.15) is 4.98 Å². The molecule has 0 atom stereocenters. The van der Waals surface area contributed by atoms with E-state index in [1.165, 1.54) is 29.7 Å². The van der Waals surface area contributed by atoms with Crippen LogP contribution in [0.1, 0.15) is 16.8 Å². The molecule has 0 spiro atoms. The zero-order valence-electron chi connectivity index (χ0n) is 17.1. The molecular formula is C19H22Cl2N8O2S. The number of anilines is 4. The molecule has 0 unspecified atom stereocenters. The van der Waals surface area contributed by atoms with Crippen LogP contribution in [0.3, 0.4) is 0 Å². The fraction of sp³-hybridized carbons (Fsp3) is 0.263. The minimum Gasteiger partial charge on any atom is -0.363 e. The Morgan fingerprint density at radius 3 is 2.75 bits per heavy atom. The summed E-state index contributed by atoms with van der Waals surface area (Å²) in [6.07, 6.45) is 6.40. The Balaban J connectivity index is 0.00000289. The van der Waals surface area contributed by atoms with E-state index in [0.717, 1.165) is 31.5 Å². The maximum Gasteiger partial charge on any atom is 0.231 e. The average Bonchev–Trinajstić information content (AvgIpc) is 2.74. The van der Waals surface area contributed by atoms with Crippen LogP contribution in [0.4, 0.5) is 23.3 Å². The number of fused-ring (bicyclic) bond motifs is 1. The quantitative estimate of drug-likeness (QED) is 0.389. The van der Waals surface area contributed by atoms with Crippen LogP contribution in [0, 0.1) is 0 Å². The summed E-state index contributed by atoms with van der Waals surface area (Å²) in [5, 5.41) is 9.94. The van der Waals surface area contributed by atoms with Gasteiger partial charge in [-0.05, 0) is 36.2 Å². The number of nitrogens with one attached hydrogen (secondary N) is 4. The number of halogens is 2. The molecule has 1 aromatic carbocycles. The number of nitrogens with zero attached hydrogens (tertiary/aromatic N) is 4. The van der Waals surface area contributed by atoms with Gasteiger partial charge in [0.2, 0.25) is 16.0 Å². The zero-order valence-corrected chi connectivity index (χ0v) is 19.5. The predicted octanol–water partition coefficient (Wildman–Crippen LogP) is 2.71. The van der Waals surface area contributed by atoms with Crippen LogP contribution in [-0.4, -0.2) is 41.2 Å². The molecule has 1 aliphatic rings. The molecule has 0 saturated carbocycles. The normalized spacial score (nSPS) is 12.9. The maximum absolute atomic E-state index is 11.5. The standard InChI is InChI=1S/C19H21ClN8O2S.ClH/c1-31(29,30)28-18-16(22-6-7-23-18)11-24-17-15(20)10-25-19(27-17)26-14-3-2-13-9-21-5-4-12(13)8-14;/h2-3,6-8,10,21H,4-5,9,11H2,1H3,(H,23,28)(H2,24,25,26,27);1H. The molecule has 4 rings (SSSR count). The van der Waals surface area contributed by atoms with Crippen molar-refractivity contribution < 1.29 is 8.42 Å². The van der Waals surface area contributed by atoms with Crippen LogP contribution in [0.2, 0.25) is 5.02 Å². The summed E-state index contributed by atoms with van der Waals surface area (Å²) < 4.78 is 25.4. The van der Waals surface area contributed by atoms with E-state index in [9.17, 15) is 8.42 Å². The number of sulfonamides is 1. The number of benzene rings is 1. The molecule has 4 N–H and O–H groups in total. The van der Waals surface area contributed by atoms with E-state index < -0.39 is 10.0 Å². The van der Waals surface area contributed by atoms with Gasteiger partial charge in [0.25, 0.3) is 0 Å². The summed E-state index contributed by atoms with van der Waals surface area (Å²) in [7, 11) is -3.48. The van der Waals surface area contributed by atoms with Crippen LogP contribution in [0.5, 0.6) is 0 Å². The highest BCUT2D eigenvalue weighted by Gasteiger charge is 2.13. The first kappa shape index (κ1) is 23.9. The molecule has 1 aliphatic heterocycles. The fourth-order valence-electron chi connectivity index (χ4n) is 3.16. The van der Waals surface area contributed by atoms with E-state index >= 15 is 0 Å². The summed E-state index contributed by atoms with van der Waals surface area (Å²) in [5.74, 6) is 0.913. The van der Waals surface area contributed by atoms with Crippen molar-refractivity contribution in [2.75, 3.05) is 28.2 Å². The number of rotatable bonds is 7. The Bertz CT molecular complexity index is 1210. The molecule has 32 heavy (non-hydrogen) atoms. The lowest BCUT2D eigenvalue weighted by Gasteiger charge is -2.18. The third-order valence-corrected chi connectivity index (χ3v) is 5.41. The third-order valence-electron chi connectivity index (χ3n) is 4.57. The summed E-state index contributed by atoms with van der Waals surface area (Å²) in [6, 6.07) is 6.17. The van der Waals surface area contributed by atoms with Crippen LogP contribution >= 0.6 is 24.0 Å². The molecule has 3 heterocycles. The minimum atomic E-state index is -3.48. The molecule has 3 aromatic rings. The molecule has 0 radical (unpaired) electrons. The Morgan fingerprint density at radius 2 is 1.94 bits per heavy atom. The Morgan fingerprint density at radius 1 is 1.12 bits per heavy atom. The molecule has 2 aromatic heterocycles. The van der Waals surface area contributed by atoms with Crippen molar-refractivity contribution in [3.63, 3.8) is 0 Å². The SMILES string of the molecule is CS(=O)(=O)Nc1nccnc1CNc1nc(Nc2ccc3c(c2)CCNC3)ncc1Cl.Cl.